The van der Waals surface area contributed by atoms with Crippen molar-refractivity contribution in [2.45, 2.75) is 46.1 Å². The van der Waals surface area contributed by atoms with Gasteiger partial charge in [0.2, 0.25) is 0 Å². The Labute approximate surface area is 121 Å². The molecule has 0 fully saturated rings. The van der Waals surface area contributed by atoms with Crippen LogP contribution < -0.4 is 10.5 Å². The molecular weight excluding hydrogens is 254 g/mol. The molecule has 0 heterocycles. The Balaban J connectivity index is 2.46. The lowest BCUT2D eigenvalue weighted by atomic mass is 9.98. The summed E-state index contributed by atoms with van der Waals surface area (Å²) < 4.78 is 10.5. The molecular formula is C16H25NO3. The average molecular weight is 279 g/mol. The van der Waals surface area contributed by atoms with E-state index in [1.807, 2.05) is 12.1 Å². The third kappa shape index (κ3) is 4.85. The van der Waals surface area contributed by atoms with E-state index in [0.717, 1.165) is 5.75 Å². The highest BCUT2D eigenvalue weighted by atomic mass is 16.5. The minimum atomic E-state index is -0.619. The van der Waals surface area contributed by atoms with Crippen molar-refractivity contribution in [1.29, 1.82) is 0 Å². The molecule has 1 aromatic rings. The maximum absolute atomic E-state index is 11.4. The fourth-order valence-electron chi connectivity index (χ4n) is 2.06. The maximum atomic E-state index is 11.4. The first-order valence-electron chi connectivity index (χ1n) is 7.11. The Morgan fingerprint density at radius 3 is 2.60 bits per heavy atom. The normalized spacial score (nSPS) is 12.3. The number of nitrogens with two attached hydrogens (primary N) is 1. The van der Waals surface area contributed by atoms with Gasteiger partial charge >= 0.3 is 5.97 Å². The van der Waals surface area contributed by atoms with Gasteiger partial charge in [0.15, 0.2) is 0 Å². The van der Waals surface area contributed by atoms with Crippen LogP contribution in [0.4, 0.5) is 0 Å². The van der Waals surface area contributed by atoms with Gasteiger partial charge in [0.05, 0.1) is 13.2 Å². The van der Waals surface area contributed by atoms with Crippen LogP contribution in [0, 0.1) is 6.92 Å². The number of rotatable bonds is 7. The minimum absolute atomic E-state index is 0.350. The molecule has 0 spiro atoms. The molecule has 0 radical (unpaired) electrons. The number of carbonyl (C=O) groups excluding carboxylic acids is 1. The van der Waals surface area contributed by atoms with Crippen molar-refractivity contribution >= 4 is 5.97 Å². The molecule has 4 nitrogen and oxygen atoms in total. The van der Waals surface area contributed by atoms with Crippen molar-refractivity contribution in [3.8, 4) is 5.75 Å². The molecule has 112 valence electrons. The smallest absolute Gasteiger partial charge is 0.323 e. The molecule has 20 heavy (non-hydrogen) atoms. The zero-order valence-corrected chi connectivity index (χ0v) is 12.8. The van der Waals surface area contributed by atoms with Crippen LogP contribution in [0.1, 0.15) is 44.2 Å². The van der Waals surface area contributed by atoms with Gasteiger partial charge in [0.1, 0.15) is 11.8 Å². The molecule has 1 aromatic carbocycles. The van der Waals surface area contributed by atoms with Gasteiger partial charge in [-0.3, -0.25) is 4.79 Å². The molecule has 0 aliphatic carbocycles. The molecule has 0 aliphatic rings. The van der Waals surface area contributed by atoms with Gasteiger partial charge in [0.25, 0.3) is 0 Å². The van der Waals surface area contributed by atoms with Gasteiger partial charge in [-0.05, 0) is 43.0 Å². The van der Waals surface area contributed by atoms with Crippen LogP contribution in [0.25, 0.3) is 0 Å². The van der Waals surface area contributed by atoms with Gasteiger partial charge in [-0.15, -0.1) is 0 Å². The minimum Gasteiger partial charge on any atom is -0.494 e. The van der Waals surface area contributed by atoms with Crippen LogP contribution in [-0.2, 0) is 9.53 Å². The van der Waals surface area contributed by atoms with Crippen molar-refractivity contribution in [2.75, 3.05) is 13.2 Å². The van der Waals surface area contributed by atoms with Gasteiger partial charge < -0.3 is 15.2 Å². The average Bonchev–Trinajstić information content (AvgIpc) is 2.38. The van der Waals surface area contributed by atoms with Gasteiger partial charge in [0, 0.05) is 6.42 Å². The van der Waals surface area contributed by atoms with Crippen molar-refractivity contribution in [1.82, 2.24) is 0 Å². The Hall–Kier alpha value is -1.55. The molecule has 1 rings (SSSR count). The number of ether oxygens (including phenoxy) is 2. The second kappa shape index (κ2) is 7.90. The molecule has 0 amide bonds. The first-order valence-corrected chi connectivity index (χ1v) is 7.11. The molecule has 2 N–H and O–H groups in total. The Bertz CT molecular complexity index is 443. The molecule has 1 atom stereocenters. The summed E-state index contributed by atoms with van der Waals surface area (Å²) in [5, 5.41) is 0. The summed E-state index contributed by atoms with van der Waals surface area (Å²) in [6, 6.07) is 5.44. The molecule has 0 aromatic heterocycles. The second-order valence-electron chi connectivity index (χ2n) is 5.17. The SMILES string of the molecule is CCOC(=O)C(N)CCOc1ccc(C(C)C)c(C)c1. The van der Waals surface area contributed by atoms with E-state index in [2.05, 4.69) is 26.8 Å². The quantitative estimate of drug-likeness (QED) is 0.780. The van der Waals surface area contributed by atoms with Crippen LogP contribution >= 0.6 is 0 Å². The maximum Gasteiger partial charge on any atom is 0.323 e. The first kappa shape index (κ1) is 16.5. The molecule has 0 saturated heterocycles. The Morgan fingerprint density at radius 1 is 1.35 bits per heavy atom. The highest BCUT2D eigenvalue weighted by molar-refractivity contribution is 5.75. The summed E-state index contributed by atoms with van der Waals surface area (Å²) in [7, 11) is 0. The van der Waals surface area contributed by atoms with Crippen LogP contribution in [0.2, 0.25) is 0 Å². The third-order valence-electron chi connectivity index (χ3n) is 3.15. The standard InChI is InChI=1S/C16H25NO3/c1-5-19-16(18)15(17)8-9-20-13-6-7-14(11(2)3)12(4)10-13/h6-7,10-11,15H,5,8-9,17H2,1-4H3. The Kier molecular flexibility index (Phi) is 6.52. The largest absolute Gasteiger partial charge is 0.494 e. The molecule has 0 saturated carbocycles. The van der Waals surface area contributed by atoms with E-state index in [1.54, 1.807) is 6.92 Å². The van der Waals surface area contributed by atoms with E-state index in [4.69, 9.17) is 15.2 Å². The summed E-state index contributed by atoms with van der Waals surface area (Å²) in [5.74, 6) is 0.937. The monoisotopic (exact) mass is 279 g/mol. The van der Waals surface area contributed by atoms with Crippen LogP contribution in [0.3, 0.4) is 0 Å². The predicted octanol–water partition coefficient (Wildman–Crippen LogP) is 2.78. The predicted molar refractivity (Wildman–Crippen MR) is 80.0 cm³/mol. The highest BCUT2D eigenvalue weighted by Gasteiger charge is 2.14. The summed E-state index contributed by atoms with van der Waals surface area (Å²) in [6.07, 6.45) is 0.448. The van der Waals surface area contributed by atoms with Crippen LogP contribution in [-0.4, -0.2) is 25.2 Å². The summed E-state index contributed by atoms with van der Waals surface area (Å²) in [6.45, 7) is 8.93. The topological polar surface area (TPSA) is 61.5 Å². The number of aryl methyl sites for hydroxylation is 1. The fourth-order valence-corrected chi connectivity index (χ4v) is 2.06. The number of benzene rings is 1. The molecule has 4 heteroatoms. The second-order valence-corrected chi connectivity index (χ2v) is 5.17. The zero-order chi connectivity index (χ0) is 15.1. The number of hydrogen-bond acceptors (Lipinski definition) is 4. The summed E-state index contributed by atoms with van der Waals surface area (Å²) in [4.78, 5) is 11.4. The van der Waals surface area contributed by atoms with Crippen molar-refractivity contribution in [2.24, 2.45) is 5.73 Å². The fraction of sp³-hybridized carbons (Fsp3) is 0.562. The first-order chi connectivity index (χ1) is 9.45. The molecule has 0 aliphatic heterocycles. The lowest BCUT2D eigenvalue weighted by Crippen LogP contribution is -2.33. The number of carbonyl (C=O) groups is 1. The zero-order valence-electron chi connectivity index (χ0n) is 12.8. The highest BCUT2D eigenvalue weighted by Crippen LogP contribution is 2.23. The van der Waals surface area contributed by atoms with E-state index in [1.165, 1.54) is 11.1 Å². The number of hydrogen-bond donors (Lipinski definition) is 1. The van der Waals surface area contributed by atoms with Gasteiger partial charge in [-0.25, -0.2) is 0 Å². The molecule has 1 unspecified atom stereocenters. The van der Waals surface area contributed by atoms with E-state index in [0.29, 0.717) is 25.6 Å². The molecule has 0 bridgehead atoms. The van der Waals surface area contributed by atoms with E-state index < -0.39 is 6.04 Å². The summed E-state index contributed by atoms with van der Waals surface area (Å²) >= 11 is 0. The number of esters is 1. The third-order valence-corrected chi connectivity index (χ3v) is 3.15. The van der Waals surface area contributed by atoms with Crippen LogP contribution in [0.15, 0.2) is 18.2 Å². The lowest BCUT2D eigenvalue weighted by molar-refractivity contribution is -0.145. The van der Waals surface area contributed by atoms with Crippen molar-refractivity contribution in [3.63, 3.8) is 0 Å². The lowest BCUT2D eigenvalue weighted by Gasteiger charge is -2.14. The van der Waals surface area contributed by atoms with E-state index >= 15 is 0 Å². The van der Waals surface area contributed by atoms with Crippen LogP contribution in [0.5, 0.6) is 5.75 Å². The van der Waals surface area contributed by atoms with Gasteiger partial charge in [-0.2, -0.15) is 0 Å². The summed E-state index contributed by atoms with van der Waals surface area (Å²) in [5.41, 5.74) is 8.24. The van der Waals surface area contributed by atoms with E-state index in [-0.39, 0.29) is 5.97 Å². The van der Waals surface area contributed by atoms with Crippen molar-refractivity contribution < 1.29 is 14.3 Å². The van der Waals surface area contributed by atoms with Crippen molar-refractivity contribution in [3.05, 3.63) is 29.3 Å². The van der Waals surface area contributed by atoms with Gasteiger partial charge in [-0.1, -0.05) is 19.9 Å². The van der Waals surface area contributed by atoms with E-state index in [9.17, 15) is 4.79 Å². The Morgan fingerprint density at radius 2 is 2.05 bits per heavy atom.